The summed E-state index contributed by atoms with van der Waals surface area (Å²) < 4.78 is 5.22. The molecule has 1 heterocycles. The Labute approximate surface area is 95.0 Å². The van der Waals surface area contributed by atoms with E-state index in [0.29, 0.717) is 6.42 Å². The lowest BCUT2D eigenvalue weighted by Gasteiger charge is -2.14. The van der Waals surface area contributed by atoms with Gasteiger partial charge in [0.05, 0.1) is 12.7 Å². The Balaban J connectivity index is 2.47. The first kappa shape index (κ1) is 13.6. The highest BCUT2D eigenvalue weighted by molar-refractivity contribution is 5.79. The van der Waals surface area contributed by atoms with Gasteiger partial charge < -0.3 is 20.1 Å². The molecule has 1 aliphatic rings. The summed E-state index contributed by atoms with van der Waals surface area (Å²) in [7, 11) is 0. The number of hydrogen-bond donors (Lipinski definition) is 3. The van der Waals surface area contributed by atoms with Crippen molar-refractivity contribution in [2.24, 2.45) is 5.92 Å². The molecule has 1 saturated heterocycles. The molecule has 16 heavy (non-hydrogen) atoms. The molecule has 1 fully saturated rings. The molecule has 0 spiro atoms. The lowest BCUT2D eigenvalue weighted by atomic mass is 9.99. The number of aliphatic hydroxyl groups excluding tert-OH is 3. The predicted octanol–water partition coefficient (Wildman–Crippen LogP) is -0.527. The van der Waals surface area contributed by atoms with Gasteiger partial charge in [-0.3, -0.25) is 4.79 Å². The maximum absolute atomic E-state index is 11.5. The zero-order valence-electron chi connectivity index (χ0n) is 9.67. The highest BCUT2D eigenvalue weighted by Crippen LogP contribution is 2.24. The Bertz CT molecular complexity index is 241. The highest BCUT2D eigenvalue weighted by Gasteiger charge is 2.42. The molecule has 0 aromatic carbocycles. The van der Waals surface area contributed by atoms with Crippen molar-refractivity contribution in [3.05, 3.63) is 0 Å². The van der Waals surface area contributed by atoms with E-state index in [2.05, 4.69) is 0 Å². The minimum atomic E-state index is -1.11. The molecule has 94 valence electrons. The van der Waals surface area contributed by atoms with Gasteiger partial charge in [-0.05, 0) is 5.92 Å². The Morgan fingerprint density at radius 3 is 2.25 bits per heavy atom. The number of Topliss-reactive ketones (excluding diaryl/α,β-unsaturated/α-hetero) is 1. The second-order valence-electron chi connectivity index (χ2n) is 4.72. The van der Waals surface area contributed by atoms with Gasteiger partial charge in [-0.2, -0.15) is 0 Å². The maximum Gasteiger partial charge on any atom is 0.135 e. The van der Waals surface area contributed by atoms with Crippen molar-refractivity contribution < 1.29 is 24.9 Å². The summed E-state index contributed by atoms with van der Waals surface area (Å²) in [5.74, 6) is 0.273. The fourth-order valence-electron chi connectivity index (χ4n) is 1.91. The normalized spacial score (nSPS) is 34.6. The van der Waals surface area contributed by atoms with Crippen LogP contribution in [0.1, 0.15) is 26.7 Å². The first-order valence-electron chi connectivity index (χ1n) is 5.59. The number of rotatable bonds is 5. The molecule has 0 amide bonds. The third-order valence-electron chi connectivity index (χ3n) is 2.71. The van der Waals surface area contributed by atoms with Gasteiger partial charge in [-0.15, -0.1) is 0 Å². The summed E-state index contributed by atoms with van der Waals surface area (Å²) in [6, 6.07) is 0. The molecule has 0 unspecified atom stereocenters. The molecule has 0 aromatic heterocycles. The summed E-state index contributed by atoms with van der Waals surface area (Å²) in [5, 5.41) is 28.0. The molecule has 0 aromatic rings. The van der Waals surface area contributed by atoms with Crippen LogP contribution in [0.15, 0.2) is 0 Å². The van der Waals surface area contributed by atoms with Crippen LogP contribution in [0.3, 0.4) is 0 Å². The van der Waals surface area contributed by atoms with Gasteiger partial charge in [0.15, 0.2) is 0 Å². The van der Waals surface area contributed by atoms with Crippen molar-refractivity contribution in [2.45, 2.75) is 51.1 Å². The van der Waals surface area contributed by atoms with Crippen molar-refractivity contribution in [2.75, 3.05) is 6.61 Å². The minimum absolute atomic E-state index is 0.00448. The highest BCUT2D eigenvalue weighted by atomic mass is 16.6. The minimum Gasteiger partial charge on any atom is -0.394 e. The monoisotopic (exact) mass is 232 g/mol. The van der Waals surface area contributed by atoms with Crippen LogP contribution in [0.5, 0.6) is 0 Å². The Hall–Kier alpha value is -0.490. The van der Waals surface area contributed by atoms with E-state index in [0.717, 1.165) is 0 Å². The van der Waals surface area contributed by atoms with Crippen LogP contribution in [0.4, 0.5) is 0 Å². The van der Waals surface area contributed by atoms with Gasteiger partial charge in [-0.25, -0.2) is 0 Å². The Morgan fingerprint density at radius 2 is 1.81 bits per heavy atom. The number of hydrogen-bond acceptors (Lipinski definition) is 5. The van der Waals surface area contributed by atoms with Gasteiger partial charge in [-0.1, -0.05) is 13.8 Å². The zero-order valence-corrected chi connectivity index (χ0v) is 9.67. The zero-order chi connectivity index (χ0) is 12.3. The Kier molecular flexibility index (Phi) is 4.86. The maximum atomic E-state index is 11.5. The molecule has 4 atom stereocenters. The largest absolute Gasteiger partial charge is 0.394 e. The lowest BCUT2D eigenvalue weighted by Crippen LogP contribution is -2.34. The summed E-state index contributed by atoms with van der Waals surface area (Å²) in [5.41, 5.74) is 0. The van der Waals surface area contributed by atoms with Crippen LogP contribution in [-0.2, 0) is 9.53 Å². The number of ketones is 1. The average Bonchev–Trinajstić information content (AvgIpc) is 2.44. The average molecular weight is 232 g/mol. The second kappa shape index (κ2) is 5.72. The fourth-order valence-corrected chi connectivity index (χ4v) is 1.91. The third-order valence-corrected chi connectivity index (χ3v) is 2.71. The second-order valence-corrected chi connectivity index (χ2v) is 4.72. The van der Waals surface area contributed by atoms with Gasteiger partial charge in [0, 0.05) is 12.8 Å². The van der Waals surface area contributed by atoms with Gasteiger partial charge >= 0.3 is 0 Å². The molecule has 0 radical (unpaired) electrons. The fraction of sp³-hybridized carbons (Fsp3) is 0.909. The number of carbonyl (C=O) groups is 1. The number of ether oxygens (including phenoxy) is 1. The molecule has 5 heteroatoms. The predicted molar refractivity (Wildman–Crippen MR) is 56.8 cm³/mol. The Morgan fingerprint density at radius 1 is 1.25 bits per heavy atom. The molecule has 0 saturated carbocycles. The first-order chi connectivity index (χ1) is 7.45. The van der Waals surface area contributed by atoms with Gasteiger partial charge in [0.25, 0.3) is 0 Å². The van der Waals surface area contributed by atoms with Gasteiger partial charge in [0.2, 0.25) is 0 Å². The third kappa shape index (κ3) is 3.25. The lowest BCUT2D eigenvalue weighted by molar-refractivity contribution is -0.124. The number of aliphatic hydroxyl groups is 3. The van der Waals surface area contributed by atoms with Crippen LogP contribution in [-0.4, -0.2) is 52.1 Å². The molecule has 0 aliphatic carbocycles. The first-order valence-corrected chi connectivity index (χ1v) is 5.59. The summed E-state index contributed by atoms with van der Waals surface area (Å²) in [4.78, 5) is 11.5. The summed E-state index contributed by atoms with van der Waals surface area (Å²) in [6.45, 7) is 3.53. The van der Waals surface area contributed by atoms with E-state index in [9.17, 15) is 15.0 Å². The van der Waals surface area contributed by atoms with Crippen molar-refractivity contribution in [1.82, 2.24) is 0 Å². The summed E-state index contributed by atoms with van der Waals surface area (Å²) >= 11 is 0. The van der Waals surface area contributed by atoms with E-state index < -0.39 is 24.4 Å². The van der Waals surface area contributed by atoms with Gasteiger partial charge in [0.1, 0.15) is 24.1 Å². The molecule has 0 bridgehead atoms. The van der Waals surface area contributed by atoms with E-state index in [4.69, 9.17) is 9.84 Å². The van der Waals surface area contributed by atoms with Crippen molar-refractivity contribution in [3.63, 3.8) is 0 Å². The van der Waals surface area contributed by atoms with Crippen molar-refractivity contribution in [1.29, 1.82) is 0 Å². The molecule has 1 rings (SSSR count). The van der Waals surface area contributed by atoms with Crippen LogP contribution < -0.4 is 0 Å². The van der Waals surface area contributed by atoms with Crippen LogP contribution in [0, 0.1) is 5.92 Å². The smallest absolute Gasteiger partial charge is 0.135 e. The quantitative estimate of drug-likeness (QED) is 0.593. The standard InChI is InChI=1S/C11H20O5/c1-6(2)3-7(13)4-8-10(14)11(15)9(5-12)16-8/h6,8-12,14-15H,3-5H2,1-2H3/t8-,9-,10-,11-/m1/s1. The van der Waals surface area contributed by atoms with E-state index in [1.165, 1.54) is 0 Å². The number of carbonyl (C=O) groups excluding carboxylic acids is 1. The molecular weight excluding hydrogens is 212 g/mol. The van der Waals surface area contributed by atoms with Crippen LogP contribution in [0.2, 0.25) is 0 Å². The van der Waals surface area contributed by atoms with Crippen LogP contribution >= 0.6 is 0 Å². The van der Waals surface area contributed by atoms with Crippen molar-refractivity contribution in [3.8, 4) is 0 Å². The molecule has 1 aliphatic heterocycles. The van der Waals surface area contributed by atoms with E-state index in [-0.39, 0.29) is 24.7 Å². The SMILES string of the molecule is CC(C)CC(=O)C[C@H]1O[C@H](CO)[C@@H](O)[C@@H]1O. The van der Waals surface area contributed by atoms with E-state index >= 15 is 0 Å². The molecular formula is C11H20O5. The van der Waals surface area contributed by atoms with E-state index in [1.54, 1.807) is 0 Å². The van der Waals surface area contributed by atoms with Crippen molar-refractivity contribution >= 4 is 5.78 Å². The molecule has 3 N–H and O–H groups in total. The van der Waals surface area contributed by atoms with E-state index in [1.807, 2.05) is 13.8 Å². The van der Waals surface area contributed by atoms with Crippen LogP contribution in [0.25, 0.3) is 0 Å². The topological polar surface area (TPSA) is 87.0 Å². The summed E-state index contributed by atoms with van der Waals surface area (Å²) in [6.07, 6.45) is -3.15. The molecule has 5 nitrogen and oxygen atoms in total.